The molecule has 0 aliphatic heterocycles. The minimum Gasteiger partial charge on any atom is -0.493 e. The SMILES string of the molecule is COc1cc(/C=C/C(=O)N(C2CCCC2)C2CC2)cc(OC)c1OC. The van der Waals surface area contributed by atoms with Crippen molar-refractivity contribution in [3.8, 4) is 17.2 Å². The average molecular weight is 345 g/mol. The molecule has 3 rings (SSSR count). The fourth-order valence-electron chi connectivity index (χ4n) is 3.64. The van der Waals surface area contributed by atoms with E-state index in [1.807, 2.05) is 18.2 Å². The standard InChI is InChI=1S/C20H27NO4/c1-23-17-12-14(13-18(24-2)20(17)25-3)8-11-19(22)21(16-9-10-16)15-6-4-5-7-15/h8,11-13,15-16H,4-7,9-10H2,1-3H3/b11-8+. The molecule has 25 heavy (non-hydrogen) atoms. The summed E-state index contributed by atoms with van der Waals surface area (Å²) < 4.78 is 16.1. The molecule has 5 nitrogen and oxygen atoms in total. The van der Waals surface area contributed by atoms with Crippen molar-refractivity contribution in [3.63, 3.8) is 0 Å². The topological polar surface area (TPSA) is 48.0 Å². The number of carbonyl (C=O) groups is 1. The van der Waals surface area contributed by atoms with E-state index in [9.17, 15) is 4.79 Å². The second-order valence-corrected chi connectivity index (χ2v) is 6.71. The second kappa shape index (κ2) is 7.81. The van der Waals surface area contributed by atoms with E-state index < -0.39 is 0 Å². The number of rotatable bonds is 7. The van der Waals surface area contributed by atoms with Gasteiger partial charge in [-0.25, -0.2) is 0 Å². The molecule has 5 heteroatoms. The van der Waals surface area contributed by atoms with Gasteiger partial charge in [0.15, 0.2) is 11.5 Å². The largest absolute Gasteiger partial charge is 0.493 e. The highest BCUT2D eigenvalue weighted by atomic mass is 16.5. The van der Waals surface area contributed by atoms with Gasteiger partial charge in [-0.1, -0.05) is 12.8 Å². The Kier molecular flexibility index (Phi) is 5.51. The lowest BCUT2D eigenvalue weighted by molar-refractivity contribution is -0.128. The summed E-state index contributed by atoms with van der Waals surface area (Å²) in [6, 6.07) is 4.56. The highest BCUT2D eigenvalue weighted by Crippen LogP contribution is 2.39. The Morgan fingerprint density at radius 2 is 1.52 bits per heavy atom. The molecule has 0 N–H and O–H groups in total. The lowest BCUT2D eigenvalue weighted by Crippen LogP contribution is -2.39. The smallest absolute Gasteiger partial charge is 0.247 e. The molecular weight excluding hydrogens is 318 g/mol. The van der Waals surface area contributed by atoms with Gasteiger partial charge in [0.05, 0.1) is 21.3 Å². The van der Waals surface area contributed by atoms with Gasteiger partial charge in [-0.2, -0.15) is 0 Å². The number of hydrogen-bond donors (Lipinski definition) is 0. The molecule has 2 saturated carbocycles. The summed E-state index contributed by atoms with van der Waals surface area (Å²) in [5, 5.41) is 0. The van der Waals surface area contributed by atoms with Gasteiger partial charge in [-0.15, -0.1) is 0 Å². The molecule has 0 bridgehead atoms. The van der Waals surface area contributed by atoms with Gasteiger partial charge in [-0.05, 0) is 49.5 Å². The van der Waals surface area contributed by atoms with E-state index in [2.05, 4.69) is 4.90 Å². The highest BCUT2D eigenvalue weighted by Gasteiger charge is 2.37. The van der Waals surface area contributed by atoms with Gasteiger partial charge >= 0.3 is 0 Å². The summed E-state index contributed by atoms with van der Waals surface area (Å²) in [5.74, 6) is 1.84. The maximum atomic E-state index is 12.8. The molecule has 0 radical (unpaired) electrons. The van der Waals surface area contributed by atoms with Gasteiger partial charge in [0, 0.05) is 18.2 Å². The first-order chi connectivity index (χ1) is 12.2. The predicted octanol–water partition coefficient (Wildman–Crippen LogP) is 3.66. The molecular formula is C20H27NO4. The molecule has 2 aliphatic rings. The zero-order valence-electron chi connectivity index (χ0n) is 15.3. The van der Waals surface area contributed by atoms with Crippen LogP contribution in [-0.2, 0) is 4.79 Å². The van der Waals surface area contributed by atoms with Crippen LogP contribution in [0.15, 0.2) is 18.2 Å². The van der Waals surface area contributed by atoms with E-state index in [-0.39, 0.29) is 5.91 Å². The third-order valence-corrected chi connectivity index (χ3v) is 5.02. The zero-order chi connectivity index (χ0) is 17.8. The molecule has 1 amide bonds. The Labute approximate surface area is 149 Å². The number of benzene rings is 1. The van der Waals surface area contributed by atoms with E-state index in [1.165, 1.54) is 12.8 Å². The average Bonchev–Trinajstić information content (AvgIpc) is 3.32. The number of hydrogen-bond acceptors (Lipinski definition) is 4. The van der Waals surface area contributed by atoms with Crippen molar-refractivity contribution >= 4 is 12.0 Å². The van der Waals surface area contributed by atoms with Crippen LogP contribution in [0.25, 0.3) is 6.08 Å². The molecule has 136 valence electrons. The molecule has 0 atom stereocenters. The Hall–Kier alpha value is -2.17. The number of nitrogens with zero attached hydrogens (tertiary/aromatic N) is 1. The van der Waals surface area contributed by atoms with Crippen molar-refractivity contribution in [3.05, 3.63) is 23.8 Å². The third kappa shape index (κ3) is 3.91. The summed E-state index contributed by atoms with van der Waals surface area (Å²) in [7, 11) is 4.75. The van der Waals surface area contributed by atoms with Gasteiger partial charge < -0.3 is 19.1 Å². The quantitative estimate of drug-likeness (QED) is 0.708. The predicted molar refractivity (Wildman–Crippen MR) is 97.3 cm³/mol. The summed E-state index contributed by atoms with van der Waals surface area (Å²) in [6.45, 7) is 0. The van der Waals surface area contributed by atoms with Crippen LogP contribution in [0.2, 0.25) is 0 Å². The van der Waals surface area contributed by atoms with E-state index in [0.717, 1.165) is 31.2 Å². The van der Waals surface area contributed by atoms with Crippen molar-refractivity contribution in [2.24, 2.45) is 0 Å². The summed E-state index contributed by atoms with van der Waals surface area (Å²) in [5.41, 5.74) is 0.852. The zero-order valence-corrected chi connectivity index (χ0v) is 15.3. The van der Waals surface area contributed by atoms with E-state index in [4.69, 9.17) is 14.2 Å². The Morgan fingerprint density at radius 3 is 2.00 bits per heavy atom. The number of carbonyl (C=O) groups excluding carboxylic acids is 1. The maximum Gasteiger partial charge on any atom is 0.247 e. The molecule has 0 heterocycles. The second-order valence-electron chi connectivity index (χ2n) is 6.71. The first-order valence-electron chi connectivity index (χ1n) is 8.98. The Morgan fingerprint density at radius 1 is 0.960 bits per heavy atom. The Bertz CT molecular complexity index is 620. The molecule has 1 aromatic rings. The molecule has 0 spiro atoms. The maximum absolute atomic E-state index is 12.8. The van der Waals surface area contributed by atoms with Crippen LogP contribution in [0.1, 0.15) is 44.1 Å². The molecule has 0 aromatic heterocycles. The number of amides is 1. The van der Waals surface area contributed by atoms with Gasteiger partial charge in [0.25, 0.3) is 0 Å². The van der Waals surface area contributed by atoms with Crippen LogP contribution in [0.5, 0.6) is 17.2 Å². The van der Waals surface area contributed by atoms with Gasteiger partial charge in [0.2, 0.25) is 11.7 Å². The molecule has 0 saturated heterocycles. The number of methoxy groups -OCH3 is 3. The van der Waals surface area contributed by atoms with Crippen molar-refractivity contribution in [2.75, 3.05) is 21.3 Å². The van der Waals surface area contributed by atoms with Crippen LogP contribution in [0.3, 0.4) is 0 Å². The van der Waals surface area contributed by atoms with E-state index in [1.54, 1.807) is 27.4 Å². The monoisotopic (exact) mass is 345 g/mol. The fourth-order valence-corrected chi connectivity index (χ4v) is 3.64. The molecule has 0 unspecified atom stereocenters. The first kappa shape index (κ1) is 17.6. The van der Waals surface area contributed by atoms with Crippen LogP contribution >= 0.6 is 0 Å². The van der Waals surface area contributed by atoms with Crippen molar-refractivity contribution in [2.45, 2.75) is 50.6 Å². The van der Waals surface area contributed by atoms with E-state index >= 15 is 0 Å². The molecule has 2 aliphatic carbocycles. The van der Waals surface area contributed by atoms with Gasteiger partial charge in [-0.3, -0.25) is 4.79 Å². The lowest BCUT2D eigenvalue weighted by atomic mass is 10.1. The molecule has 1 aromatic carbocycles. The van der Waals surface area contributed by atoms with E-state index in [0.29, 0.717) is 29.3 Å². The van der Waals surface area contributed by atoms with Crippen molar-refractivity contribution < 1.29 is 19.0 Å². The summed E-state index contributed by atoms with van der Waals surface area (Å²) in [6.07, 6.45) is 10.5. The lowest BCUT2D eigenvalue weighted by Gasteiger charge is -2.28. The van der Waals surface area contributed by atoms with Crippen LogP contribution < -0.4 is 14.2 Å². The van der Waals surface area contributed by atoms with Crippen LogP contribution in [0.4, 0.5) is 0 Å². The first-order valence-corrected chi connectivity index (χ1v) is 8.98. The Balaban J connectivity index is 1.79. The normalized spacial score (nSPS) is 17.7. The summed E-state index contributed by atoms with van der Waals surface area (Å²) >= 11 is 0. The van der Waals surface area contributed by atoms with Gasteiger partial charge in [0.1, 0.15) is 0 Å². The van der Waals surface area contributed by atoms with Crippen LogP contribution in [0, 0.1) is 0 Å². The fraction of sp³-hybridized carbons (Fsp3) is 0.550. The minimum atomic E-state index is 0.114. The summed E-state index contributed by atoms with van der Waals surface area (Å²) in [4.78, 5) is 14.9. The van der Waals surface area contributed by atoms with Crippen molar-refractivity contribution in [1.29, 1.82) is 0 Å². The minimum absolute atomic E-state index is 0.114. The van der Waals surface area contributed by atoms with Crippen molar-refractivity contribution in [1.82, 2.24) is 4.90 Å². The number of ether oxygens (including phenoxy) is 3. The van der Waals surface area contributed by atoms with Crippen LogP contribution in [-0.4, -0.2) is 44.2 Å². The highest BCUT2D eigenvalue weighted by molar-refractivity contribution is 5.92. The molecule has 2 fully saturated rings. The third-order valence-electron chi connectivity index (χ3n) is 5.02.